The summed E-state index contributed by atoms with van der Waals surface area (Å²) in [4.78, 5) is 25.3. The minimum atomic E-state index is -0.114. The quantitative estimate of drug-likeness (QED) is 0.645. The number of carbonyl (C=O) groups is 2. The number of benzene rings is 1. The molecule has 19 heavy (non-hydrogen) atoms. The summed E-state index contributed by atoms with van der Waals surface area (Å²) in [7, 11) is 3.38. The van der Waals surface area contributed by atoms with E-state index in [2.05, 4.69) is 21.2 Å². The first-order valence-corrected chi connectivity index (χ1v) is 7.35. The van der Waals surface area contributed by atoms with Gasteiger partial charge in [0, 0.05) is 25.8 Å². The fourth-order valence-electron chi connectivity index (χ4n) is 1.61. The van der Waals surface area contributed by atoms with Crippen LogP contribution in [0.1, 0.15) is 29.6 Å². The summed E-state index contributed by atoms with van der Waals surface area (Å²) < 4.78 is 0. The number of nitrogens with one attached hydrogen (secondary N) is 1. The first kappa shape index (κ1) is 15.7. The van der Waals surface area contributed by atoms with Gasteiger partial charge in [-0.25, -0.2) is 0 Å². The molecule has 0 atom stereocenters. The molecule has 4 nitrogen and oxygen atoms in total. The Bertz CT molecular complexity index is 447. The summed E-state index contributed by atoms with van der Waals surface area (Å²) in [6.45, 7) is 0. The SMILES string of the molecule is CN(C)C(=O)c1ccccc1NC(=O)CCCCBr. The number of alkyl halides is 1. The Hall–Kier alpha value is -1.36. The number of anilines is 1. The molecule has 0 aliphatic heterocycles. The molecule has 0 fully saturated rings. The van der Waals surface area contributed by atoms with Crippen LogP contribution in [0.3, 0.4) is 0 Å². The Kier molecular flexibility index (Phi) is 6.56. The van der Waals surface area contributed by atoms with Crippen LogP contribution in [-0.2, 0) is 4.79 Å². The van der Waals surface area contributed by atoms with Crippen molar-refractivity contribution in [1.29, 1.82) is 0 Å². The molecule has 0 heterocycles. The largest absolute Gasteiger partial charge is 0.345 e. The standard InChI is InChI=1S/C14H19BrN2O2/c1-17(2)14(19)11-7-3-4-8-12(11)16-13(18)9-5-6-10-15/h3-4,7-8H,5-6,9-10H2,1-2H3,(H,16,18). The number of halogens is 1. The molecular weight excluding hydrogens is 308 g/mol. The Balaban J connectivity index is 2.73. The molecular formula is C14H19BrN2O2. The Labute approximate surface area is 122 Å². The van der Waals surface area contributed by atoms with E-state index < -0.39 is 0 Å². The number of carbonyl (C=O) groups excluding carboxylic acids is 2. The molecule has 0 spiro atoms. The van der Waals surface area contributed by atoms with Crippen molar-refractivity contribution in [2.45, 2.75) is 19.3 Å². The minimum absolute atomic E-state index is 0.0556. The summed E-state index contributed by atoms with van der Waals surface area (Å²) in [6.07, 6.45) is 2.27. The second kappa shape index (κ2) is 7.94. The number of amides is 2. The second-order valence-electron chi connectivity index (χ2n) is 4.44. The van der Waals surface area contributed by atoms with E-state index in [9.17, 15) is 9.59 Å². The van der Waals surface area contributed by atoms with Gasteiger partial charge < -0.3 is 10.2 Å². The van der Waals surface area contributed by atoms with Crippen molar-refractivity contribution in [3.05, 3.63) is 29.8 Å². The summed E-state index contributed by atoms with van der Waals surface area (Å²) in [5, 5.41) is 3.70. The molecule has 2 amide bonds. The van der Waals surface area contributed by atoms with Crippen molar-refractivity contribution in [3.8, 4) is 0 Å². The fraction of sp³-hybridized carbons (Fsp3) is 0.429. The van der Waals surface area contributed by atoms with Gasteiger partial charge in [0.15, 0.2) is 0 Å². The molecule has 0 unspecified atom stereocenters. The highest BCUT2D eigenvalue weighted by atomic mass is 79.9. The molecule has 0 aliphatic carbocycles. The van der Waals surface area contributed by atoms with Crippen molar-refractivity contribution in [2.75, 3.05) is 24.7 Å². The Morgan fingerprint density at radius 3 is 2.53 bits per heavy atom. The summed E-state index contributed by atoms with van der Waals surface area (Å²) in [6, 6.07) is 7.06. The number of nitrogens with zero attached hydrogens (tertiary/aromatic N) is 1. The topological polar surface area (TPSA) is 49.4 Å². The highest BCUT2D eigenvalue weighted by Crippen LogP contribution is 2.17. The van der Waals surface area contributed by atoms with E-state index in [0.717, 1.165) is 18.2 Å². The lowest BCUT2D eigenvalue weighted by Gasteiger charge is -2.14. The highest BCUT2D eigenvalue weighted by Gasteiger charge is 2.14. The molecule has 1 aromatic rings. The fourth-order valence-corrected chi connectivity index (χ4v) is 2.01. The maximum Gasteiger partial charge on any atom is 0.255 e. The van der Waals surface area contributed by atoms with E-state index >= 15 is 0 Å². The molecule has 0 aliphatic rings. The van der Waals surface area contributed by atoms with Crippen LogP contribution < -0.4 is 5.32 Å². The minimum Gasteiger partial charge on any atom is -0.345 e. The summed E-state index contributed by atoms with van der Waals surface area (Å²) >= 11 is 3.33. The van der Waals surface area contributed by atoms with Crippen molar-refractivity contribution in [1.82, 2.24) is 4.90 Å². The number of rotatable bonds is 6. The predicted molar refractivity (Wildman–Crippen MR) is 80.7 cm³/mol. The van der Waals surface area contributed by atoms with Crippen molar-refractivity contribution in [2.24, 2.45) is 0 Å². The maximum absolute atomic E-state index is 12.0. The van der Waals surface area contributed by atoms with Crippen LogP contribution in [0.2, 0.25) is 0 Å². The van der Waals surface area contributed by atoms with Gasteiger partial charge in [0.05, 0.1) is 11.3 Å². The van der Waals surface area contributed by atoms with E-state index in [-0.39, 0.29) is 11.8 Å². The monoisotopic (exact) mass is 326 g/mol. The van der Waals surface area contributed by atoms with Gasteiger partial charge in [-0.3, -0.25) is 9.59 Å². The third-order valence-corrected chi connectivity index (χ3v) is 3.19. The van der Waals surface area contributed by atoms with Gasteiger partial charge in [0.2, 0.25) is 5.91 Å². The highest BCUT2D eigenvalue weighted by molar-refractivity contribution is 9.09. The average Bonchev–Trinajstić information content (AvgIpc) is 2.38. The summed E-state index contributed by atoms with van der Waals surface area (Å²) in [5.74, 6) is -0.170. The Morgan fingerprint density at radius 1 is 1.21 bits per heavy atom. The molecule has 0 aromatic heterocycles. The first-order chi connectivity index (χ1) is 9.06. The lowest BCUT2D eigenvalue weighted by molar-refractivity contribution is -0.116. The zero-order valence-corrected chi connectivity index (χ0v) is 12.9. The smallest absolute Gasteiger partial charge is 0.255 e. The lowest BCUT2D eigenvalue weighted by atomic mass is 10.1. The van der Waals surface area contributed by atoms with Gasteiger partial charge in [0.25, 0.3) is 5.91 Å². The van der Waals surface area contributed by atoms with Crippen LogP contribution in [0, 0.1) is 0 Å². The number of hydrogen-bond acceptors (Lipinski definition) is 2. The van der Waals surface area contributed by atoms with Crippen LogP contribution in [-0.4, -0.2) is 36.1 Å². The zero-order chi connectivity index (χ0) is 14.3. The predicted octanol–water partition coefficient (Wildman–Crippen LogP) is 2.89. The molecule has 1 aromatic carbocycles. The molecule has 0 saturated carbocycles. The first-order valence-electron chi connectivity index (χ1n) is 6.22. The van der Waals surface area contributed by atoms with Crippen molar-refractivity contribution >= 4 is 33.4 Å². The van der Waals surface area contributed by atoms with E-state index in [1.165, 1.54) is 4.90 Å². The van der Waals surface area contributed by atoms with E-state index in [1.807, 2.05) is 0 Å². The van der Waals surface area contributed by atoms with Gasteiger partial charge in [-0.15, -0.1) is 0 Å². The molecule has 5 heteroatoms. The van der Waals surface area contributed by atoms with Crippen LogP contribution in [0.15, 0.2) is 24.3 Å². The van der Waals surface area contributed by atoms with Crippen LogP contribution >= 0.6 is 15.9 Å². The molecule has 1 rings (SSSR count). The van der Waals surface area contributed by atoms with Crippen LogP contribution in [0.4, 0.5) is 5.69 Å². The van der Waals surface area contributed by atoms with Gasteiger partial charge >= 0.3 is 0 Å². The van der Waals surface area contributed by atoms with Crippen molar-refractivity contribution in [3.63, 3.8) is 0 Å². The van der Waals surface area contributed by atoms with Gasteiger partial charge in [-0.2, -0.15) is 0 Å². The van der Waals surface area contributed by atoms with E-state index in [4.69, 9.17) is 0 Å². The zero-order valence-electron chi connectivity index (χ0n) is 11.3. The maximum atomic E-state index is 12.0. The third-order valence-electron chi connectivity index (χ3n) is 2.63. The van der Waals surface area contributed by atoms with Crippen LogP contribution in [0.25, 0.3) is 0 Å². The number of para-hydroxylation sites is 1. The molecule has 0 bridgehead atoms. The Morgan fingerprint density at radius 2 is 1.89 bits per heavy atom. The number of unbranched alkanes of at least 4 members (excludes halogenated alkanes) is 1. The van der Waals surface area contributed by atoms with Gasteiger partial charge in [-0.05, 0) is 25.0 Å². The number of hydrogen-bond donors (Lipinski definition) is 1. The third kappa shape index (κ3) is 5.03. The normalized spacial score (nSPS) is 10.1. The lowest BCUT2D eigenvalue weighted by Crippen LogP contribution is -2.24. The average molecular weight is 327 g/mol. The molecule has 0 radical (unpaired) electrons. The van der Waals surface area contributed by atoms with Gasteiger partial charge in [-0.1, -0.05) is 28.1 Å². The van der Waals surface area contributed by atoms with Crippen LogP contribution in [0.5, 0.6) is 0 Å². The second-order valence-corrected chi connectivity index (χ2v) is 5.23. The molecule has 0 saturated heterocycles. The van der Waals surface area contributed by atoms with Crippen molar-refractivity contribution < 1.29 is 9.59 Å². The van der Waals surface area contributed by atoms with Gasteiger partial charge in [0.1, 0.15) is 0 Å². The van der Waals surface area contributed by atoms with E-state index in [1.54, 1.807) is 38.4 Å². The molecule has 104 valence electrons. The molecule has 1 N–H and O–H groups in total. The summed E-state index contributed by atoms with van der Waals surface area (Å²) in [5.41, 5.74) is 1.09. The van der Waals surface area contributed by atoms with E-state index in [0.29, 0.717) is 17.7 Å².